The zero-order chi connectivity index (χ0) is 13.8. The molecule has 1 aromatic rings. The largest absolute Gasteiger partial charge is 0.481 e. The number of carbonyl (C=O) groups is 2. The molecule has 0 spiro atoms. The first kappa shape index (κ1) is 13.3. The summed E-state index contributed by atoms with van der Waals surface area (Å²) in [7, 11) is 0. The number of carbonyl (C=O) groups excluding carboxylic acids is 1. The van der Waals surface area contributed by atoms with Gasteiger partial charge in [-0.3, -0.25) is 4.79 Å². The van der Waals surface area contributed by atoms with Gasteiger partial charge in [-0.2, -0.15) is 10.2 Å². The second-order valence-corrected chi connectivity index (χ2v) is 4.70. The Morgan fingerprint density at radius 1 is 1.53 bits per heavy atom. The molecule has 0 saturated carbocycles. The zero-order valence-corrected chi connectivity index (χ0v) is 10.6. The molecule has 7 nitrogen and oxygen atoms in total. The third kappa shape index (κ3) is 3.18. The third-order valence-corrected chi connectivity index (χ3v) is 3.27. The van der Waals surface area contributed by atoms with Crippen molar-refractivity contribution in [3.05, 3.63) is 24.0 Å². The summed E-state index contributed by atoms with van der Waals surface area (Å²) < 4.78 is 0. The van der Waals surface area contributed by atoms with Gasteiger partial charge in [-0.1, -0.05) is 6.92 Å². The molecule has 2 N–H and O–H groups in total. The van der Waals surface area contributed by atoms with Gasteiger partial charge in [0.25, 0.3) is 0 Å². The summed E-state index contributed by atoms with van der Waals surface area (Å²) in [4.78, 5) is 24.4. The number of rotatable bonds is 3. The molecule has 1 fully saturated rings. The van der Waals surface area contributed by atoms with Crippen LogP contribution in [-0.4, -0.2) is 45.3 Å². The maximum Gasteiger partial charge on any atom is 0.317 e. The lowest BCUT2D eigenvalue weighted by molar-refractivity contribution is -0.142. The Morgan fingerprint density at radius 2 is 2.32 bits per heavy atom. The van der Waals surface area contributed by atoms with Crippen molar-refractivity contribution in [1.82, 2.24) is 20.4 Å². The van der Waals surface area contributed by atoms with Crippen molar-refractivity contribution in [3.63, 3.8) is 0 Å². The van der Waals surface area contributed by atoms with E-state index in [0.29, 0.717) is 12.2 Å². The van der Waals surface area contributed by atoms with Crippen LogP contribution in [0.4, 0.5) is 4.79 Å². The summed E-state index contributed by atoms with van der Waals surface area (Å²) in [5, 5.41) is 19.3. The second-order valence-electron chi connectivity index (χ2n) is 4.70. The van der Waals surface area contributed by atoms with Crippen LogP contribution in [-0.2, 0) is 11.3 Å². The number of carboxylic acid groups (broad SMARTS) is 1. The van der Waals surface area contributed by atoms with Crippen LogP contribution in [0.3, 0.4) is 0 Å². The molecular weight excluding hydrogens is 248 g/mol. The number of carboxylic acids is 1. The normalized spacial score (nSPS) is 22.3. The lowest BCUT2D eigenvalue weighted by Gasteiger charge is -2.16. The molecular formula is C12H16N4O3. The van der Waals surface area contributed by atoms with E-state index in [2.05, 4.69) is 15.5 Å². The van der Waals surface area contributed by atoms with Crippen molar-refractivity contribution in [2.75, 3.05) is 13.1 Å². The third-order valence-electron chi connectivity index (χ3n) is 3.27. The lowest BCUT2D eigenvalue weighted by Crippen LogP contribution is -2.38. The lowest BCUT2D eigenvalue weighted by atomic mass is 9.99. The van der Waals surface area contributed by atoms with Crippen molar-refractivity contribution >= 4 is 12.0 Å². The molecule has 2 atom stereocenters. The van der Waals surface area contributed by atoms with Crippen molar-refractivity contribution in [2.24, 2.45) is 11.8 Å². The Balaban J connectivity index is 1.86. The first-order chi connectivity index (χ1) is 9.08. The van der Waals surface area contributed by atoms with E-state index < -0.39 is 11.9 Å². The van der Waals surface area contributed by atoms with Crippen molar-refractivity contribution in [1.29, 1.82) is 0 Å². The molecule has 2 unspecified atom stereocenters. The van der Waals surface area contributed by atoms with Gasteiger partial charge < -0.3 is 15.3 Å². The van der Waals surface area contributed by atoms with Gasteiger partial charge in [0, 0.05) is 19.3 Å². The number of urea groups is 1. The molecule has 1 saturated heterocycles. The predicted molar refractivity (Wildman–Crippen MR) is 66.1 cm³/mol. The van der Waals surface area contributed by atoms with Crippen molar-refractivity contribution in [2.45, 2.75) is 13.5 Å². The Kier molecular flexibility index (Phi) is 3.94. The summed E-state index contributed by atoms with van der Waals surface area (Å²) in [6.07, 6.45) is 1.56. The number of nitrogens with zero attached hydrogens (tertiary/aromatic N) is 3. The van der Waals surface area contributed by atoms with E-state index >= 15 is 0 Å². The van der Waals surface area contributed by atoms with Crippen molar-refractivity contribution in [3.8, 4) is 0 Å². The minimum atomic E-state index is -0.850. The van der Waals surface area contributed by atoms with Crippen LogP contribution < -0.4 is 5.32 Å². The fraction of sp³-hybridized carbons (Fsp3) is 0.500. The topological polar surface area (TPSA) is 95.4 Å². The molecule has 0 aliphatic carbocycles. The first-order valence-corrected chi connectivity index (χ1v) is 6.10. The number of likely N-dealkylation sites (tertiary alicyclic amines) is 1. The average Bonchev–Trinajstić information content (AvgIpc) is 2.79. The van der Waals surface area contributed by atoms with Gasteiger partial charge in [0.2, 0.25) is 0 Å². The van der Waals surface area contributed by atoms with Crippen LogP contribution in [0.25, 0.3) is 0 Å². The molecule has 2 rings (SSSR count). The van der Waals surface area contributed by atoms with Gasteiger partial charge in [-0.25, -0.2) is 4.79 Å². The highest BCUT2D eigenvalue weighted by atomic mass is 16.4. The van der Waals surface area contributed by atoms with Gasteiger partial charge in [0.05, 0.1) is 18.2 Å². The predicted octanol–water partition coefficient (Wildman–Crippen LogP) is 0.339. The van der Waals surface area contributed by atoms with Crippen LogP contribution in [0, 0.1) is 11.8 Å². The summed E-state index contributed by atoms with van der Waals surface area (Å²) in [6.45, 7) is 2.84. The quantitative estimate of drug-likeness (QED) is 0.820. The van der Waals surface area contributed by atoms with Crippen LogP contribution in [0.5, 0.6) is 0 Å². The molecule has 0 aromatic carbocycles. The molecule has 0 radical (unpaired) electrons. The van der Waals surface area contributed by atoms with E-state index in [1.165, 1.54) is 4.90 Å². The van der Waals surface area contributed by atoms with Crippen LogP contribution in [0.1, 0.15) is 12.6 Å². The number of aliphatic carboxylic acids is 1. The SMILES string of the molecule is CC1CN(C(=O)NCc2cccnn2)CC1C(=O)O. The Hall–Kier alpha value is -2.18. The van der Waals surface area contributed by atoms with Crippen LogP contribution >= 0.6 is 0 Å². The first-order valence-electron chi connectivity index (χ1n) is 6.10. The molecule has 19 heavy (non-hydrogen) atoms. The molecule has 0 bridgehead atoms. The summed E-state index contributed by atoms with van der Waals surface area (Å²) in [5.74, 6) is -1.36. The summed E-state index contributed by atoms with van der Waals surface area (Å²) >= 11 is 0. The highest BCUT2D eigenvalue weighted by Gasteiger charge is 2.36. The molecule has 2 amide bonds. The van der Waals surface area contributed by atoms with E-state index in [4.69, 9.17) is 5.11 Å². The zero-order valence-electron chi connectivity index (χ0n) is 10.6. The van der Waals surface area contributed by atoms with Crippen LogP contribution in [0.2, 0.25) is 0 Å². The Labute approximate surface area is 110 Å². The van der Waals surface area contributed by atoms with Gasteiger partial charge in [-0.05, 0) is 18.1 Å². The minimum Gasteiger partial charge on any atom is -0.481 e. The van der Waals surface area contributed by atoms with Gasteiger partial charge in [0.1, 0.15) is 0 Å². The minimum absolute atomic E-state index is 0.0280. The maximum atomic E-state index is 11.9. The highest BCUT2D eigenvalue weighted by Crippen LogP contribution is 2.22. The maximum absolute atomic E-state index is 11.9. The molecule has 2 heterocycles. The summed E-state index contributed by atoms with van der Waals surface area (Å²) in [6, 6.07) is 3.24. The molecule has 1 aliphatic heterocycles. The van der Waals surface area contributed by atoms with Crippen molar-refractivity contribution < 1.29 is 14.7 Å². The smallest absolute Gasteiger partial charge is 0.317 e. The van der Waals surface area contributed by atoms with E-state index in [-0.39, 0.29) is 25.0 Å². The number of aromatic nitrogens is 2. The Morgan fingerprint density at radius 3 is 2.89 bits per heavy atom. The summed E-state index contributed by atoms with van der Waals surface area (Å²) in [5.41, 5.74) is 0.665. The van der Waals surface area contributed by atoms with E-state index in [0.717, 1.165) is 0 Å². The second kappa shape index (κ2) is 5.64. The molecule has 7 heteroatoms. The molecule has 1 aliphatic rings. The monoisotopic (exact) mass is 264 g/mol. The number of hydrogen-bond acceptors (Lipinski definition) is 4. The van der Waals surface area contributed by atoms with E-state index in [1.807, 2.05) is 6.92 Å². The fourth-order valence-electron chi connectivity index (χ4n) is 2.16. The van der Waals surface area contributed by atoms with E-state index in [1.54, 1.807) is 18.3 Å². The highest BCUT2D eigenvalue weighted by molar-refractivity contribution is 5.77. The number of hydrogen-bond donors (Lipinski definition) is 2. The van der Waals surface area contributed by atoms with Gasteiger partial charge in [0.15, 0.2) is 0 Å². The van der Waals surface area contributed by atoms with Gasteiger partial charge in [-0.15, -0.1) is 0 Å². The molecule has 1 aromatic heterocycles. The standard InChI is InChI=1S/C12H16N4O3/c1-8-6-16(7-10(8)11(17)18)12(19)13-5-9-3-2-4-14-15-9/h2-4,8,10H,5-7H2,1H3,(H,13,19)(H,17,18). The van der Waals surface area contributed by atoms with Crippen LogP contribution in [0.15, 0.2) is 18.3 Å². The fourth-order valence-corrected chi connectivity index (χ4v) is 2.16. The number of amides is 2. The number of nitrogens with one attached hydrogen (secondary N) is 1. The van der Waals surface area contributed by atoms with Gasteiger partial charge >= 0.3 is 12.0 Å². The Bertz CT molecular complexity index is 465. The van der Waals surface area contributed by atoms with E-state index in [9.17, 15) is 9.59 Å². The molecule has 102 valence electrons. The average molecular weight is 264 g/mol.